The van der Waals surface area contributed by atoms with Crippen LogP contribution in [0, 0.1) is 0 Å². The van der Waals surface area contributed by atoms with Gasteiger partial charge in [0.05, 0.1) is 24.0 Å². The number of aromatic nitrogens is 3. The zero-order valence-corrected chi connectivity index (χ0v) is 11.4. The lowest BCUT2D eigenvalue weighted by Crippen LogP contribution is -2.37. The van der Waals surface area contributed by atoms with Crippen LogP contribution in [0.1, 0.15) is 51.3 Å². The van der Waals surface area contributed by atoms with Crippen LogP contribution in [0.25, 0.3) is 0 Å². The van der Waals surface area contributed by atoms with E-state index in [2.05, 4.69) is 29.5 Å². The highest BCUT2D eigenvalue weighted by Crippen LogP contribution is 2.26. The van der Waals surface area contributed by atoms with E-state index in [1.165, 1.54) is 12.8 Å². The maximum Gasteiger partial charge on any atom is 0.0785 e. The Labute approximate surface area is 109 Å². The molecule has 0 saturated carbocycles. The molecule has 1 aromatic heterocycles. The predicted octanol–water partition coefficient (Wildman–Crippen LogP) is 1.91. The molecule has 0 aromatic carbocycles. The highest BCUT2D eigenvalue weighted by Gasteiger charge is 2.28. The second kappa shape index (κ2) is 6.85. The number of ether oxygens (including phenoxy) is 1. The number of nitrogens with zero attached hydrogens (tertiary/aromatic N) is 3. The lowest BCUT2D eigenvalue weighted by atomic mass is 9.99. The molecule has 2 heterocycles. The van der Waals surface area contributed by atoms with Crippen LogP contribution >= 0.6 is 0 Å². The van der Waals surface area contributed by atoms with Crippen LogP contribution in [-0.4, -0.2) is 34.2 Å². The molecule has 0 radical (unpaired) electrons. The molecule has 1 aliphatic rings. The Kier molecular flexibility index (Phi) is 5.13. The van der Waals surface area contributed by atoms with E-state index in [0.29, 0.717) is 0 Å². The Bertz CT molecular complexity index is 347. The minimum Gasteiger partial charge on any atom is -0.376 e. The Balaban J connectivity index is 2.14. The van der Waals surface area contributed by atoms with Gasteiger partial charge in [0, 0.05) is 13.2 Å². The van der Waals surface area contributed by atoms with Crippen molar-refractivity contribution in [3.63, 3.8) is 0 Å². The van der Waals surface area contributed by atoms with Crippen molar-refractivity contribution in [2.45, 2.75) is 58.2 Å². The van der Waals surface area contributed by atoms with Gasteiger partial charge in [0.1, 0.15) is 0 Å². The second-order valence-corrected chi connectivity index (χ2v) is 4.82. The molecular weight excluding hydrogens is 228 g/mol. The summed E-state index contributed by atoms with van der Waals surface area (Å²) in [5.41, 5.74) is 1.16. The minimum absolute atomic E-state index is 0.219. The van der Waals surface area contributed by atoms with E-state index in [9.17, 15) is 0 Å². The van der Waals surface area contributed by atoms with E-state index in [1.54, 1.807) is 0 Å². The predicted molar refractivity (Wildman–Crippen MR) is 70.3 cm³/mol. The van der Waals surface area contributed by atoms with Crippen molar-refractivity contribution < 1.29 is 4.74 Å². The van der Waals surface area contributed by atoms with Crippen LogP contribution < -0.4 is 5.32 Å². The Morgan fingerprint density at radius 3 is 3.06 bits per heavy atom. The van der Waals surface area contributed by atoms with Crippen molar-refractivity contribution in [3.8, 4) is 0 Å². The molecule has 5 nitrogen and oxygen atoms in total. The number of aryl methyl sites for hydroxylation is 1. The van der Waals surface area contributed by atoms with Gasteiger partial charge in [-0.2, -0.15) is 0 Å². The number of hydrogen-bond donors (Lipinski definition) is 1. The van der Waals surface area contributed by atoms with E-state index >= 15 is 0 Å². The van der Waals surface area contributed by atoms with Crippen molar-refractivity contribution >= 4 is 0 Å². The first-order valence-corrected chi connectivity index (χ1v) is 7.10. The Morgan fingerprint density at radius 2 is 2.39 bits per heavy atom. The summed E-state index contributed by atoms with van der Waals surface area (Å²) in [6, 6.07) is 0.219. The van der Waals surface area contributed by atoms with Gasteiger partial charge in [-0.25, -0.2) is 4.68 Å². The molecule has 1 N–H and O–H groups in total. The fourth-order valence-electron chi connectivity index (χ4n) is 2.57. The van der Waals surface area contributed by atoms with Crippen LogP contribution in [0.15, 0.2) is 6.20 Å². The summed E-state index contributed by atoms with van der Waals surface area (Å²) in [6.07, 6.45) is 6.76. The Morgan fingerprint density at radius 1 is 1.50 bits per heavy atom. The summed E-state index contributed by atoms with van der Waals surface area (Å²) < 4.78 is 7.92. The van der Waals surface area contributed by atoms with Gasteiger partial charge in [-0.15, -0.1) is 5.10 Å². The van der Waals surface area contributed by atoms with E-state index in [0.717, 1.165) is 38.2 Å². The van der Waals surface area contributed by atoms with Crippen molar-refractivity contribution in [3.05, 3.63) is 11.9 Å². The first kappa shape index (κ1) is 13.5. The molecule has 5 heteroatoms. The highest BCUT2D eigenvalue weighted by atomic mass is 16.5. The van der Waals surface area contributed by atoms with Crippen LogP contribution in [0.2, 0.25) is 0 Å². The summed E-state index contributed by atoms with van der Waals surface area (Å²) in [4.78, 5) is 0. The van der Waals surface area contributed by atoms with Crippen LogP contribution in [0.5, 0.6) is 0 Å². The fourth-order valence-corrected chi connectivity index (χ4v) is 2.57. The standard InChI is InChI=1S/C13H24N4O/c1-3-8-17-11(10-15-16-17)13(14-4-2)12-7-5-6-9-18-12/h10,12-14H,3-9H2,1-2H3. The highest BCUT2D eigenvalue weighted by molar-refractivity contribution is 5.05. The summed E-state index contributed by atoms with van der Waals surface area (Å²) in [7, 11) is 0. The molecule has 1 saturated heterocycles. The summed E-state index contributed by atoms with van der Waals surface area (Å²) in [6.45, 7) is 7.02. The minimum atomic E-state index is 0.219. The van der Waals surface area contributed by atoms with E-state index in [4.69, 9.17) is 4.74 Å². The molecule has 102 valence electrons. The Hall–Kier alpha value is -0.940. The monoisotopic (exact) mass is 252 g/mol. The van der Waals surface area contributed by atoms with Gasteiger partial charge in [-0.1, -0.05) is 19.1 Å². The number of nitrogens with one attached hydrogen (secondary N) is 1. The van der Waals surface area contributed by atoms with E-state index in [1.807, 2.05) is 10.9 Å². The largest absolute Gasteiger partial charge is 0.376 e. The van der Waals surface area contributed by atoms with Gasteiger partial charge in [-0.3, -0.25) is 0 Å². The molecule has 1 aromatic rings. The van der Waals surface area contributed by atoms with Crippen molar-refractivity contribution in [2.75, 3.05) is 13.2 Å². The normalized spacial score (nSPS) is 22.0. The van der Waals surface area contributed by atoms with Gasteiger partial charge in [0.2, 0.25) is 0 Å². The molecule has 2 atom stereocenters. The summed E-state index contributed by atoms with van der Waals surface area (Å²) in [5, 5.41) is 11.8. The number of likely N-dealkylation sites (N-methyl/N-ethyl adjacent to an activating group) is 1. The first-order chi connectivity index (χ1) is 8.86. The maximum atomic E-state index is 5.92. The number of rotatable bonds is 6. The molecule has 18 heavy (non-hydrogen) atoms. The average Bonchev–Trinajstić information content (AvgIpc) is 2.85. The molecule has 0 bridgehead atoms. The van der Waals surface area contributed by atoms with E-state index in [-0.39, 0.29) is 12.1 Å². The number of hydrogen-bond acceptors (Lipinski definition) is 4. The van der Waals surface area contributed by atoms with Crippen LogP contribution in [0.4, 0.5) is 0 Å². The molecule has 1 aliphatic heterocycles. The van der Waals surface area contributed by atoms with Gasteiger partial charge >= 0.3 is 0 Å². The molecule has 2 unspecified atom stereocenters. The van der Waals surface area contributed by atoms with E-state index < -0.39 is 0 Å². The zero-order chi connectivity index (χ0) is 12.8. The first-order valence-electron chi connectivity index (χ1n) is 7.10. The quantitative estimate of drug-likeness (QED) is 0.840. The van der Waals surface area contributed by atoms with Gasteiger partial charge in [-0.05, 0) is 32.2 Å². The average molecular weight is 252 g/mol. The summed E-state index contributed by atoms with van der Waals surface area (Å²) >= 11 is 0. The molecule has 2 rings (SSSR count). The fraction of sp³-hybridized carbons (Fsp3) is 0.846. The molecule has 0 aliphatic carbocycles. The zero-order valence-electron chi connectivity index (χ0n) is 11.4. The molecule has 0 amide bonds. The van der Waals surface area contributed by atoms with Crippen LogP contribution in [0.3, 0.4) is 0 Å². The topological polar surface area (TPSA) is 52.0 Å². The maximum absolute atomic E-state index is 5.92. The van der Waals surface area contributed by atoms with Gasteiger partial charge in [0.15, 0.2) is 0 Å². The van der Waals surface area contributed by atoms with Gasteiger partial charge < -0.3 is 10.1 Å². The lowest BCUT2D eigenvalue weighted by molar-refractivity contribution is -0.00969. The summed E-state index contributed by atoms with van der Waals surface area (Å²) in [5.74, 6) is 0. The van der Waals surface area contributed by atoms with Crippen molar-refractivity contribution in [1.29, 1.82) is 0 Å². The second-order valence-electron chi connectivity index (χ2n) is 4.82. The third kappa shape index (κ3) is 3.09. The lowest BCUT2D eigenvalue weighted by Gasteiger charge is -2.31. The molecular formula is C13H24N4O. The third-order valence-electron chi connectivity index (χ3n) is 3.41. The van der Waals surface area contributed by atoms with Crippen molar-refractivity contribution in [1.82, 2.24) is 20.3 Å². The van der Waals surface area contributed by atoms with Crippen LogP contribution in [-0.2, 0) is 11.3 Å². The van der Waals surface area contributed by atoms with Crippen molar-refractivity contribution in [2.24, 2.45) is 0 Å². The SMILES string of the molecule is CCCn1nncc1C(NCC)C1CCCCO1. The van der Waals surface area contributed by atoms with Gasteiger partial charge in [0.25, 0.3) is 0 Å². The third-order valence-corrected chi connectivity index (χ3v) is 3.41. The smallest absolute Gasteiger partial charge is 0.0785 e. The molecule has 0 spiro atoms. The molecule has 1 fully saturated rings.